The van der Waals surface area contributed by atoms with Gasteiger partial charge in [0.2, 0.25) is 0 Å². The third-order valence-electron chi connectivity index (χ3n) is 1.52. The van der Waals surface area contributed by atoms with Gasteiger partial charge in [0.25, 0.3) is 5.91 Å². The van der Waals surface area contributed by atoms with Crippen LogP contribution in [0.25, 0.3) is 0 Å². The maximum Gasteiger partial charge on any atom is 0.308 e. The molecule has 7 heteroatoms. The molecule has 0 aromatic carbocycles. The number of rotatable bonds is 5. The van der Waals surface area contributed by atoms with Crippen molar-refractivity contribution in [3.8, 4) is 0 Å². The van der Waals surface area contributed by atoms with E-state index >= 15 is 0 Å². The van der Waals surface area contributed by atoms with E-state index in [0.717, 1.165) is 4.47 Å². The van der Waals surface area contributed by atoms with Crippen LogP contribution < -0.4 is 5.73 Å². The minimum Gasteiger partial charge on any atom is -0.456 e. The predicted molar refractivity (Wildman–Crippen MR) is 54.7 cm³/mol. The van der Waals surface area contributed by atoms with E-state index in [1.165, 1.54) is 0 Å². The first-order chi connectivity index (χ1) is 7.08. The number of nitrogens with two attached hydrogens (primary N) is 1. The van der Waals surface area contributed by atoms with Crippen LogP contribution in [-0.4, -0.2) is 28.3 Å². The van der Waals surface area contributed by atoms with Gasteiger partial charge in [-0.25, -0.2) is 0 Å². The molecule has 82 valence electrons. The van der Waals surface area contributed by atoms with E-state index in [1.807, 2.05) is 0 Å². The maximum atomic E-state index is 11.0. The first-order valence-electron chi connectivity index (χ1n) is 4.20. The summed E-state index contributed by atoms with van der Waals surface area (Å²) in [5.74, 6) is -1.13. The molecule has 1 amide bonds. The molecule has 0 bridgehead atoms. The van der Waals surface area contributed by atoms with Crippen molar-refractivity contribution in [1.29, 1.82) is 0 Å². The Balaban J connectivity index is 2.25. The van der Waals surface area contributed by atoms with Gasteiger partial charge in [-0.2, -0.15) is 5.10 Å². The van der Waals surface area contributed by atoms with E-state index in [1.54, 1.807) is 17.1 Å². The zero-order valence-corrected chi connectivity index (χ0v) is 9.44. The van der Waals surface area contributed by atoms with E-state index in [9.17, 15) is 9.59 Å². The topological polar surface area (TPSA) is 87.2 Å². The second kappa shape index (κ2) is 5.50. The summed E-state index contributed by atoms with van der Waals surface area (Å²) in [6.45, 7) is 0.0326. The summed E-state index contributed by atoms with van der Waals surface area (Å²) in [5.41, 5.74) is 4.81. The second-order valence-electron chi connectivity index (χ2n) is 2.80. The van der Waals surface area contributed by atoms with Gasteiger partial charge in [0, 0.05) is 6.20 Å². The molecule has 0 aliphatic carbocycles. The van der Waals surface area contributed by atoms with E-state index in [-0.39, 0.29) is 13.0 Å². The Morgan fingerprint density at radius 1 is 1.60 bits per heavy atom. The molecule has 0 saturated heterocycles. The van der Waals surface area contributed by atoms with E-state index in [0.29, 0.717) is 6.54 Å². The van der Waals surface area contributed by atoms with Gasteiger partial charge in [-0.1, -0.05) is 0 Å². The molecule has 1 aromatic heterocycles. The molecule has 0 unspecified atom stereocenters. The van der Waals surface area contributed by atoms with Crippen molar-refractivity contribution in [1.82, 2.24) is 9.78 Å². The minimum atomic E-state index is -0.662. The van der Waals surface area contributed by atoms with E-state index in [4.69, 9.17) is 5.73 Å². The second-order valence-corrected chi connectivity index (χ2v) is 3.71. The van der Waals surface area contributed by atoms with Crippen LogP contribution in [0, 0.1) is 0 Å². The van der Waals surface area contributed by atoms with Crippen LogP contribution in [0.2, 0.25) is 0 Å². The van der Waals surface area contributed by atoms with Gasteiger partial charge in [0.1, 0.15) is 0 Å². The monoisotopic (exact) mass is 275 g/mol. The Morgan fingerprint density at radius 3 is 2.87 bits per heavy atom. The van der Waals surface area contributed by atoms with Crippen molar-refractivity contribution >= 4 is 27.8 Å². The predicted octanol–water partition coefficient (Wildman–Crippen LogP) is 0.0642. The van der Waals surface area contributed by atoms with Crippen LogP contribution >= 0.6 is 15.9 Å². The number of hydrogen-bond acceptors (Lipinski definition) is 4. The van der Waals surface area contributed by atoms with Crippen molar-refractivity contribution in [2.75, 3.05) is 6.61 Å². The zero-order chi connectivity index (χ0) is 11.3. The molecule has 1 aromatic rings. The average molecular weight is 276 g/mol. The highest BCUT2D eigenvalue weighted by molar-refractivity contribution is 9.10. The molecule has 0 radical (unpaired) electrons. The minimum absolute atomic E-state index is 0.154. The lowest BCUT2D eigenvalue weighted by Crippen LogP contribution is -2.21. The SMILES string of the molecule is NC(=O)COC(=O)CCn1cc(Br)cn1. The smallest absolute Gasteiger partial charge is 0.308 e. The normalized spacial score (nSPS) is 9.93. The van der Waals surface area contributed by atoms with Gasteiger partial charge in [0.05, 0.1) is 23.6 Å². The van der Waals surface area contributed by atoms with Gasteiger partial charge in [-0.05, 0) is 15.9 Å². The van der Waals surface area contributed by atoms with Gasteiger partial charge in [-0.3, -0.25) is 14.3 Å². The number of primary amides is 1. The third kappa shape index (κ3) is 4.59. The number of nitrogens with zero attached hydrogens (tertiary/aromatic N) is 2. The number of esters is 1. The summed E-state index contributed by atoms with van der Waals surface area (Å²) in [4.78, 5) is 21.3. The largest absolute Gasteiger partial charge is 0.456 e. The van der Waals surface area contributed by atoms with Crippen molar-refractivity contribution in [2.24, 2.45) is 5.73 Å². The van der Waals surface area contributed by atoms with Crippen LogP contribution in [-0.2, 0) is 20.9 Å². The first kappa shape index (κ1) is 11.7. The number of aryl methyl sites for hydroxylation is 1. The number of carbonyl (C=O) groups excluding carboxylic acids is 2. The Labute approximate surface area is 94.5 Å². The highest BCUT2D eigenvalue weighted by atomic mass is 79.9. The number of amides is 1. The number of hydrogen-bond donors (Lipinski definition) is 1. The molecule has 0 saturated carbocycles. The van der Waals surface area contributed by atoms with Crippen molar-refractivity contribution in [3.05, 3.63) is 16.9 Å². The molecule has 6 nitrogen and oxygen atoms in total. The quantitative estimate of drug-likeness (QED) is 0.770. The number of aromatic nitrogens is 2. The van der Waals surface area contributed by atoms with Crippen LogP contribution in [0.3, 0.4) is 0 Å². The highest BCUT2D eigenvalue weighted by Crippen LogP contribution is 2.06. The summed E-state index contributed by atoms with van der Waals surface area (Å²) in [6, 6.07) is 0. The fourth-order valence-corrected chi connectivity index (χ4v) is 1.22. The Bertz CT molecular complexity index is 364. The van der Waals surface area contributed by atoms with Crippen LogP contribution in [0.1, 0.15) is 6.42 Å². The summed E-state index contributed by atoms with van der Waals surface area (Å²) < 4.78 is 7.00. The molecule has 0 aliphatic heterocycles. The molecular formula is C8H10BrN3O3. The first-order valence-corrected chi connectivity index (χ1v) is 4.99. The number of halogens is 1. The summed E-state index contributed by atoms with van der Waals surface area (Å²) in [6.07, 6.45) is 3.51. The molecule has 2 N–H and O–H groups in total. The van der Waals surface area contributed by atoms with Gasteiger partial charge < -0.3 is 10.5 Å². The fraction of sp³-hybridized carbons (Fsp3) is 0.375. The summed E-state index contributed by atoms with van der Waals surface area (Å²) >= 11 is 3.23. The van der Waals surface area contributed by atoms with Crippen LogP contribution in [0.4, 0.5) is 0 Å². The molecule has 0 aliphatic rings. The summed E-state index contributed by atoms with van der Waals surface area (Å²) in [7, 11) is 0. The number of ether oxygens (including phenoxy) is 1. The molecule has 1 heterocycles. The molecule has 1 rings (SSSR count). The molecule has 0 spiro atoms. The zero-order valence-electron chi connectivity index (χ0n) is 7.85. The van der Waals surface area contributed by atoms with Crippen LogP contribution in [0.5, 0.6) is 0 Å². The lowest BCUT2D eigenvalue weighted by Gasteiger charge is -2.02. The molecular weight excluding hydrogens is 266 g/mol. The van der Waals surface area contributed by atoms with Crippen molar-refractivity contribution < 1.29 is 14.3 Å². The van der Waals surface area contributed by atoms with Crippen molar-refractivity contribution in [2.45, 2.75) is 13.0 Å². The Hall–Kier alpha value is -1.37. The fourth-order valence-electron chi connectivity index (χ4n) is 0.890. The maximum absolute atomic E-state index is 11.0. The van der Waals surface area contributed by atoms with E-state index < -0.39 is 11.9 Å². The lowest BCUT2D eigenvalue weighted by atomic mass is 10.4. The molecule has 15 heavy (non-hydrogen) atoms. The van der Waals surface area contributed by atoms with Gasteiger partial charge in [0.15, 0.2) is 6.61 Å². The number of carbonyl (C=O) groups is 2. The van der Waals surface area contributed by atoms with Crippen LogP contribution in [0.15, 0.2) is 16.9 Å². The van der Waals surface area contributed by atoms with Gasteiger partial charge >= 0.3 is 5.97 Å². The van der Waals surface area contributed by atoms with Gasteiger partial charge in [-0.15, -0.1) is 0 Å². The standard InChI is InChI=1S/C8H10BrN3O3/c9-6-3-11-12(4-6)2-1-8(14)15-5-7(10)13/h3-4H,1-2,5H2,(H2,10,13). The Morgan fingerprint density at radius 2 is 2.33 bits per heavy atom. The molecule has 0 fully saturated rings. The van der Waals surface area contributed by atoms with Crippen molar-refractivity contribution in [3.63, 3.8) is 0 Å². The molecule has 0 atom stereocenters. The third-order valence-corrected chi connectivity index (χ3v) is 1.93. The average Bonchev–Trinajstić information content (AvgIpc) is 2.58. The van der Waals surface area contributed by atoms with E-state index in [2.05, 4.69) is 25.8 Å². The summed E-state index contributed by atoms with van der Waals surface area (Å²) in [5, 5.41) is 3.95. The highest BCUT2D eigenvalue weighted by Gasteiger charge is 2.05. The lowest BCUT2D eigenvalue weighted by molar-refractivity contribution is -0.148. The Kier molecular flexibility index (Phi) is 4.29.